The van der Waals surface area contributed by atoms with Gasteiger partial charge in [0.25, 0.3) is 11.8 Å². The Balaban J connectivity index is 2.10. The van der Waals surface area contributed by atoms with E-state index in [0.29, 0.717) is 16.2 Å². The quantitative estimate of drug-likeness (QED) is 0.611. The first-order valence-corrected chi connectivity index (χ1v) is 6.78. The van der Waals surface area contributed by atoms with Gasteiger partial charge in [0.2, 0.25) is 0 Å². The van der Waals surface area contributed by atoms with Crippen LogP contribution in [0.3, 0.4) is 0 Å². The summed E-state index contributed by atoms with van der Waals surface area (Å²) >= 11 is 0. The van der Waals surface area contributed by atoms with Gasteiger partial charge in [-0.1, -0.05) is 12.1 Å². The molecule has 0 N–H and O–H groups in total. The van der Waals surface area contributed by atoms with Gasteiger partial charge in [-0.2, -0.15) is 0 Å². The number of hydrogen-bond acceptors (Lipinski definition) is 5. The summed E-state index contributed by atoms with van der Waals surface area (Å²) in [5.41, 5.74) is 0.608. The monoisotopic (exact) mass is 291 g/mol. The van der Waals surface area contributed by atoms with Gasteiger partial charge in [0.05, 0.1) is 29.8 Å². The molecule has 0 aromatic heterocycles. The van der Waals surface area contributed by atoms with Crippen LogP contribution in [0.5, 0.6) is 0 Å². The molecule has 0 aliphatic carbocycles. The molecule has 1 aliphatic heterocycles. The van der Waals surface area contributed by atoms with Crippen molar-refractivity contribution < 1.29 is 24.0 Å². The van der Waals surface area contributed by atoms with Crippen LogP contribution >= 0.6 is 0 Å². The van der Waals surface area contributed by atoms with Gasteiger partial charge in [-0.3, -0.25) is 19.2 Å². The lowest BCUT2D eigenvalue weighted by atomic mass is 10.1. The van der Waals surface area contributed by atoms with Crippen molar-refractivity contribution in [2.24, 2.45) is 5.92 Å². The highest BCUT2D eigenvalue weighted by atomic mass is 16.7. The van der Waals surface area contributed by atoms with Crippen LogP contribution in [-0.4, -0.2) is 35.6 Å². The maximum atomic E-state index is 12.1. The Morgan fingerprint density at radius 2 is 1.67 bits per heavy atom. The minimum atomic E-state index is -0.661. The SMILES string of the molecule is CCOC(=O)C(C)C(C)ON1C(=O)c2ccccc2C1=O. The van der Waals surface area contributed by atoms with E-state index in [1.165, 1.54) is 0 Å². The van der Waals surface area contributed by atoms with Gasteiger partial charge < -0.3 is 4.74 Å². The Hall–Kier alpha value is -2.21. The molecule has 112 valence electrons. The maximum absolute atomic E-state index is 12.1. The lowest BCUT2D eigenvalue weighted by Gasteiger charge is -2.22. The maximum Gasteiger partial charge on any atom is 0.311 e. The molecule has 0 bridgehead atoms. The number of imide groups is 1. The largest absolute Gasteiger partial charge is 0.466 e. The van der Waals surface area contributed by atoms with Crippen molar-refractivity contribution in [2.75, 3.05) is 6.61 Å². The van der Waals surface area contributed by atoms with E-state index in [2.05, 4.69) is 0 Å². The minimum absolute atomic E-state index is 0.267. The van der Waals surface area contributed by atoms with E-state index in [1.54, 1.807) is 45.0 Å². The average Bonchev–Trinajstić information content (AvgIpc) is 2.72. The number of fused-ring (bicyclic) bond motifs is 1. The molecule has 0 radical (unpaired) electrons. The standard InChI is InChI=1S/C15H17NO5/c1-4-20-15(19)9(2)10(3)21-16-13(17)11-7-5-6-8-12(11)14(16)18/h5-10H,4H2,1-3H3. The summed E-state index contributed by atoms with van der Waals surface area (Å²) < 4.78 is 4.90. The third kappa shape index (κ3) is 2.80. The number of rotatable bonds is 5. The van der Waals surface area contributed by atoms with E-state index in [9.17, 15) is 14.4 Å². The first-order valence-electron chi connectivity index (χ1n) is 6.78. The highest BCUT2D eigenvalue weighted by molar-refractivity contribution is 6.20. The predicted molar refractivity (Wildman–Crippen MR) is 73.3 cm³/mol. The van der Waals surface area contributed by atoms with Gasteiger partial charge in [-0.25, -0.2) is 0 Å². The average molecular weight is 291 g/mol. The zero-order valence-electron chi connectivity index (χ0n) is 12.2. The molecule has 2 rings (SSSR count). The second kappa shape index (κ2) is 6.05. The van der Waals surface area contributed by atoms with E-state index >= 15 is 0 Å². The molecule has 2 amide bonds. The predicted octanol–water partition coefficient (Wildman–Crippen LogP) is 1.80. The summed E-state index contributed by atoms with van der Waals surface area (Å²) in [7, 11) is 0. The Bertz CT molecular complexity index is 548. The van der Waals surface area contributed by atoms with Crippen LogP contribution in [0.25, 0.3) is 0 Å². The first kappa shape index (κ1) is 15.2. The number of carbonyl (C=O) groups is 3. The lowest BCUT2D eigenvalue weighted by molar-refractivity contribution is -0.169. The normalized spacial score (nSPS) is 16.6. The lowest BCUT2D eigenvalue weighted by Crippen LogP contribution is -2.38. The molecule has 1 aromatic carbocycles. The first-order chi connectivity index (χ1) is 9.97. The van der Waals surface area contributed by atoms with Crippen LogP contribution in [0, 0.1) is 5.92 Å². The van der Waals surface area contributed by atoms with Crippen molar-refractivity contribution >= 4 is 17.8 Å². The molecule has 0 fully saturated rings. The van der Waals surface area contributed by atoms with Crippen LogP contribution in [0.1, 0.15) is 41.5 Å². The van der Waals surface area contributed by atoms with Crippen molar-refractivity contribution in [3.05, 3.63) is 35.4 Å². The van der Waals surface area contributed by atoms with Crippen molar-refractivity contribution in [3.8, 4) is 0 Å². The molecule has 1 aliphatic rings. The van der Waals surface area contributed by atoms with Crippen molar-refractivity contribution in [1.82, 2.24) is 5.06 Å². The number of hydrogen-bond donors (Lipinski definition) is 0. The number of esters is 1. The smallest absolute Gasteiger partial charge is 0.311 e. The second-order valence-corrected chi connectivity index (χ2v) is 4.80. The Morgan fingerprint density at radius 1 is 1.14 bits per heavy atom. The van der Waals surface area contributed by atoms with Crippen LogP contribution in [-0.2, 0) is 14.4 Å². The van der Waals surface area contributed by atoms with Crippen LogP contribution in [0.15, 0.2) is 24.3 Å². The van der Waals surface area contributed by atoms with E-state index in [0.717, 1.165) is 0 Å². The fourth-order valence-electron chi connectivity index (χ4n) is 1.99. The molecule has 6 nitrogen and oxygen atoms in total. The van der Waals surface area contributed by atoms with Crippen LogP contribution in [0.4, 0.5) is 0 Å². The summed E-state index contributed by atoms with van der Waals surface area (Å²) in [5.74, 6) is -2.05. The van der Waals surface area contributed by atoms with Gasteiger partial charge >= 0.3 is 5.97 Å². The second-order valence-electron chi connectivity index (χ2n) is 4.80. The Kier molecular flexibility index (Phi) is 4.37. The molecule has 2 atom stereocenters. The van der Waals surface area contributed by atoms with Crippen molar-refractivity contribution in [3.63, 3.8) is 0 Å². The minimum Gasteiger partial charge on any atom is -0.466 e. The molecule has 6 heteroatoms. The number of carbonyl (C=O) groups excluding carboxylic acids is 3. The van der Waals surface area contributed by atoms with Gasteiger partial charge in [0.15, 0.2) is 0 Å². The number of ether oxygens (including phenoxy) is 1. The van der Waals surface area contributed by atoms with E-state index in [4.69, 9.17) is 9.57 Å². The molecule has 21 heavy (non-hydrogen) atoms. The summed E-state index contributed by atoms with van der Waals surface area (Å²) in [5, 5.41) is 0.713. The Morgan fingerprint density at radius 3 is 2.14 bits per heavy atom. The Labute approximate surface area is 122 Å². The van der Waals surface area contributed by atoms with Gasteiger partial charge in [-0.15, -0.1) is 5.06 Å². The van der Waals surface area contributed by atoms with Crippen LogP contribution in [0.2, 0.25) is 0 Å². The number of hydroxylamine groups is 2. The zero-order chi connectivity index (χ0) is 15.6. The molecular weight excluding hydrogens is 274 g/mol. The summed E-state index contributed by atoms with van der Waals surface area (Å²) in [6.45, 7) is 5.22. The zero-order valence-corrected chi connectivity index (χ0v) is 12.2. The highest BCUT2D eigenvalue weighted by Gasteiger charge is 2.38. The molecule has 1 aromatic rings. The van der Waals surface area contributed by atoms with Gasteiger partial charge in [0, 0.05) is 0 Å². The van der Waals surface area contributed by atoms with E-state index in [-0.39, 0.29) is 6.61 Å². The molecule has 0 saturated carbocycles. The molecule has 0 spiro atoms. The highest BCUT2D eigenvalue weighted by Crippen LogP contribution is 2.24. The fraction of sp³-hybridized carbons (Fsp3) is 0.400. The third-order valence-corrected chi connectivity index (χ3v) is 3.39. The van der Waals surface area contributed by atoms with E-state index < -0.39 is 29.8 Å². The molecular formula is C15H17NO5. The summed E-state index contributed by atoms with van der Waals surface area (Å²) in [6.07, 6.45) is -0.661. The fourth-order valence-corrected chi connectivity index (χ4v) is 1.99. The summed E-state index contributed by atoms with van der Waals surface area (Å²) in [6, 6.07) is 6.49. The van der Waals surface area contributed by atoms with E-state index in [1.807, 2.05) is 0 Å². The van der Waals surface area contributed by atoms with Crippen LogP contribution < -0.4 is 0 Å². The molecule has 0 saturated heterocycles. The topological polar surface area (TPSA) is 72.9 Å². The number of amides is 2. The summed E-state index contributed by atoms with van der Waals surface area (Å²) in [4.78, 5) is 41.3. The van der Waals surface area contributed by atoms with Crippen molar-refractivity contribution in [2.45, 2.75) is 26.9 Å². The van der Waals surface area contributed by atoms with Gasteiger partial charge in [-0.05, 0) is 32.9 Å². The molecule has 2 unspecified atom stereocenters. The van der Waals surface area contributed by atoms with Gasteiger partial charge in [0.1, 0.15) is 0 Å². The molecule has 1 heterocycles. The number of benzene rings is 1. The van der Waals surface area contributed by atoms with Crippen molar-refractivity contribution in [1.29, 1.82) is 0 Å². The number of nitrogens with zero attached hydrogens (tertiary/aromatic N) is 1. The third-order valence-electron chi connectivity index (χ3n) is 3.39.